The number of nitrogens with two attached hydrogens (primary N) is 5. The Balaban J connectivity index is 1.58. The molecule has 2 aliphatic carbocycles. The number of aliphatic hydroxyl groups excluding tert-OH is 2. The maximum absolute atomic E-state index is 12.9. The molecule has 0 aromatic carbocycles. The lowest BCUT2D eigenvalue weighted by Gasteiger charge is -2.48. The van der Waals surface area contributed by atoms with E-state index in [1.54, 1.807) is 13.1 Å². The van der Waals surface area contributed by atoms with Crippen LogP contribution in [-0.2, 0) is 23.7 Å². The molecule has 0 aromatic rings. The summed E-state index contributed by atoms with van der Waals surface area (Å²) in [6, 6.07) is -4.05. The lowest BCUT2D eigenvalue weighted by molar-refractivity contribution is -0.304. The van der Waals surface area contributed by atoms with Crippen molar-refractivity contribution in [3.05, 3.63) is 11.8 Å². The number of aliphatic imine (C=N–C) groups is 1. The van der Waals surface area contributed by atoms with Gasteiger partial charge in [-0.15, -0.1) is 0 Å². The molecular weight excluding hydrogens is 544 g/mol. The number of nitrogens with one attached hydrogen (secondary N) is 2. The Morgan fingerprint density at radius 2 is 1.83 bits per heavy atom. The van der Waals surface area contributed by atoms with Gasteiger partial charge in [-0.05, 0) is 32.9 Å². The van der Waals surface area contributed by atoms with E-state index in [4.69, 9.17) is 47.6 Å². The van der Waals surface area contributed by atoms with Gasteiger partial charge in [0.05, 0.1) is 25.2 Å². The fourth-order valence-corrected chi connectivity index (χ4v) is 5.64. The molecule has 2 aliphatic heterocycles. The van der Waals surface area contributed by atoms with Gasteiger partial charge in [0, 0.05) is 18.5 Å². The monoisotopic (exact) mass is 588 g/mol. The fourth-order valence-electron chi connectivity index (χ4n) is 5.64. The second-order valence-electron chi connectivity index (χ2n) is 11.4. The Bertz CT molecular complexity index is 1010. The summed E-state index contributed by atoms with van der Waals surface area (Å²) >= 11 is 0. The van der Waals surface area contributed by atoms with Crippen molar-refractivity contribution in [1.29, 1.82) is 0 Å². The van der Waals surface area contributed by atoms with Crippen molar-refractivity contribution in [1.82, 2.24) is 10.6 Å². The maximum atomic E-state index is 12.9. The molecule has 13 atom stereocenters. The first-order valence-corrected chi connectivity index (χ1v) is 13.6. The number of nitrogens with zero attached hydrogens (tertiary/aromatic N) is 1. The number of likely N-dealkylation sites (N-methyl/N-ethyl adjacent to an activating group) is 1. The molecular formula is C24H44N8O9. The molecule has 234 valence electrons. The van der Waals surface area contributed by atoms with Crippen LogP contribution in [0.15, 0.2) is 16.8 Å². The minimum atomic E-state index is -1.75. The fraction of sp³-hybridized carbons (Fsp3) is 0.833. The topological polar surface area (TPSA) is 301 Å². The second-order valence-corrected chi connectivity index (χ2v) is 11.4. The molecule has 0 aromatic heterocycles. The lowest BCUT2D eigenvalue weighted by atomic mass is 9.83. The largest absolute Gasteiger partial charge is 0.466 e. The Morgan fingerprint density at radius 3 is 2.41 bits per heavy atom. The molecule has 1 amide bonds. The highest BCUT2D eigenvalue weighted by atomic mass is 16.7. The third-order valence-corrected chi connectivity index (χ3v) is 8.12. The van der Waals surface area contributed by atoms with E-state index in [0.29, 0.717) is 12.2 Å². The molecule has 2 saturated carbocycles. The molecule has 17 nitrogen and oxygen atoms in total. The minimum Gasteiger partial charge on any atom is -0.466 e. The van der Waals surface area contributed by atoms with Crippen molar-refractivity contribution >= 4 is 11.9 Å². The first-order chi connectivity index (χ1) is 19.2. The summed E-state index contributed by atoms with van der Waals surface area (Å²) in [4.78, 5) is 17.0. The van der Waals surface area contributed by atoms with Gasteiger partial charge in [0.25, 0.3) is 5.91 Å². The molecule has 16 N–H and O–H groups in total. The Morgan fingerprint density at radius 1 is 1.17 bits per heavy atom. The van der Waals surface area contributed by atoms with Crippen molar-refractivity contribution in [2.24, 2.45) is 33.7 Å². The number of aliphatic hydroxyl groups is 4. The standard InChI is InChI=1S/C24H44N8O9/c1-23(36)8-38-20(15(34)18(23)30-2)41-17-12(31-21(35)24(37)6-13(24)27)5-10(26)16(14(17)33)40-19-11(32-22(28)29)4-3-9(7-25)39-19/h3,10-20,30,33-34,36-37H,4-8,25-27H2,1-2H3,(H,31,35)(H4,28,29,32)/t10-,11+,12+,13?,14-,15+,16+,17-,18+,19+,20+,23-,24?/m0/s1. The molecule has 2 unspecified atom stereocenters. The number of ether oxygens (including phenoxy) is 4. The normalized spacial score (nSPS) is 46.2. The summed E-state index contributed by atoms with van der Waals surface area (Å²) < 4.78 is 23.7. The predicted octanol–water partition coefficient (Wildman–Crippen LogP) is -5.92. The van der Waals surface area contributed by atoms with Crippen molar-refractivity contribution in [3.8, 4) is 0 Å². The van der Waals surface area contributed by atoms with Crippen LogP contribution in [0.3, 0.4) is 0 Å². The van der Waals surface area contributed by atoms with Crippen LogP contribution in [0, 0.1) is 0 Å². The van der Waals surface area contributed by atoms with Crippen LogP contribution in [0.4, 0.5) is 0 Å². The molecule has 17 heteroatoms. The molecule has 2 heterocycles. The predicted molar refractivity (Wildman–Crippen MR) is 143 cm³/mol. The maximum Gasteiger partial charge on any atom is 0.253 e. The average molecular weight is 589 g/mol. The summed E-state index contributed by atoms with van der Waals surface area (Å²) in [6.45, 7) is 1.39. The van der Waals surface area contributed by atoms with Crippen LogP contribution in [0.25, 0.3) is 0 Å². The first kappa shape index (κ1) is 31.8. The third-order valence-electron chi connectivity index (χ3n) is 8.12. The van der Waals surface area contributed by atoms with Crippen LogP contribution < -0.4 is 39.3 Å². The van der Waals surface area contributed by atoms with E-state index < -0.39 is 84.3 Å². The van der Waals surface area contributed by atoms with E-state index >= 15 is 0 Å². The van der Waals surface area contributed by atoms with E-state index in [2.05, 4.69) is 15.6 Å². The zero-order valence-corrected chi connectivity index (χ0v) is 23.1. The van der Waals surface area contributed by atoms with Gasteiger partial charge in [-0.1, -0.05) is 0 Å². The van der Waals surface area contributed by atoms with E-state index in [-0.39, 0.29) is 32.0 Å². The van der Waals surface area contributed by atoms with Crippen molar-refractivity contribution in [2.75, 3.05) is 20.2 Å². The zero-order chi connectivity index (χ0) is 30.3. The smallest absolute Gasteiger partial charge is 0.253 e. The molecule has 0 bridgehead atoms. The van der Waals surface area contributed by atoms with E-state index in [9.17, 15) is 25.2 Å². The first-order valence-electron chi connectivity index (χ1n) is 13.6. The summed E-state index contributed by atoms with van der Waals surface area (Å²) in [5.74, 6) is -0.500. The highest BCUT2D eigenvalue weighted by Gasteiger charge is 2.59. The number of carbonyl (C=O) groups excluding carboxylic acids is 1. The van der Waals surface area contributed by atoms with Gasteiger partial charge in [0.15, 0.2) is 17.9 Å². The number of amides is 1. The van der Waals surface area contributed by atoms with Crippen molar-refractivity contribution in [2.45, 2.75) is 105 Å². The van der Waals surface area contributed by atoms with Crippen molar-refractivity contribution < 1.29 is 44.2 Å². The Kier molecular flexibility index (Phi) is 9.46. The molecule has 1 saturated heterocycles. The van der Waals surface area contributed by atoms with Crippen LogP contribution in [0.2, 0.25) is 0 Å². The number of hydrogen-bond donors (Lipinski definition) is 11. The van der Waals surface area contributed by atoms with Gasteiger partial charge < -0.3 is 78.7 Å². The minimum absolute atomic E-state index is 0.0265. The lowest BCUT2D eigenvalue weighted by Crippen LogP contribution is -2.69. The second kappa shape index (κ2) is 12.2. The van der Waals surface area contributed by atoms with Gasteiger partial charge in [-0.2, -0.15) is 0 Å². The number of hydrogen-bond acceptors (Lipinski definition) is 14. The van der Waals surface area contributed by atoms with Gasteiger partial charge >= 0.3 is 0 Å². The van der Waals surface area contributed by atoms with E-state index in [1.165, 1.54) is 6.92 Å². The summed E-state index contributed by atoms with van der Waals surface area (Å²) in [7, 11) is 1.56. The summed E-state index contributed by atoms with van der Waals surface area (Å²) in [6.07, 6.45) is -5.46. The number of rotatable bonds is 9. The van der Waals surface area contributed by atoms with Crippen LogP contribution in [0.5, 0.6) is 0 Å². The van der Waals surface area contributed by atoms with Crippen molar-refractivity contribution in [3.63, 3.8) is 0 Å². The Hall–Kier alpha value is -2.16. The van der Waals surface area contributed by atoms with Crippen LogP contribution in [-0.4, -0.2) is 131 Å². The average Bonchev–Trinajstić information content (AvgIpc) is 3.53. The SMILES string of the molecule is CN[C@@H]1[C@@H](O)[C@@H](O[C@@H]2[C@@H](O)[C@H](O[C@H]3OC(CN)=CC[C@H]3N=C(N)N)[C@@H](N)C[C@H]2NC(=O)C2(O)CC2N)OC[C@]1(C)O. The highest BCUT2D eigenvalue weighted by Crippen LogP contribution is 2.36. The molecule has 4 aliphatic rings. The van der Waals surface area contributed by atoms with E-state index in [0.717, 1.165) is 0 Å². The number of guanidine groups is 1. The molecule has 0 spiro atoms. The third kappa shape index (κ3) is 6.60. The van der Waals surface area contributed by atoms with Gasteiger partial charge in [0.1, 0.15) is 41.8 Å². The molecule has 3 fully saturated rings. The molecule has 4 rings (SSSR count). The number of carbonyl (C=O) groups is 1. The van der Waals surface area contributed by atoms with Gasteiger partial charge in [-0.25, -0.2) is 4.99 Å². The van der Waals surface area contributed by atoms with Crippen LogP contribution in [0.1, 0.15) is 26.2 Å². The van der Waals surface area contributed by atoms with Gasteiger partial charge in [0.2, 0.25) is 6.29 Å². The van der Waals surface area contributed by atoms with E-state index in [1.807, 2.05) is 0 Å². The zero-order valence-electron chi connectivity index (χ0n) is 23.1. The van der Waals surface area contributed by atoms with Crippen LogP contribution >= 0.6 is 0 Å². The van der Waals surface area contributed by atoms with Gasteiger partial charge in [-0.3, -0.25) is 4.79 Å². The molecule has 41 heavy (non-hydrogen) atoms. The summed E-state index contributed by atoms with van der Waals surface area (Å²) in [5, 5.41) is 49.1. The quantitative estimate of drug-likeness (QED) is 0.0882. The highest BCUT2D eigenvalue weighted by molar-refractivity contribution is 5.89. The molecule has 0 radical (unpaired) electrons. The summed E-state index contributed by atoms with van der Waals surface area (Å²) in [5.41, 5.74) is 25.9. The Labute approximate surface area is 237 Å².